The van der Waals surface area contributed by atoms with E-state index in [1.54, 1.807) is 11.0 Å². The van der Waals surface area contributed by atoms with Gasteiger partial charge < -0.3 is 9.32 Å². The van der Waals surface area contributed by atoms with Crippen LogP contribution in [-0.2, 0) is 0 Å². The Morgan fingerprint density at radius 1 is 1.55 bits per heavy atom. The Morgan fingerprint density at radius 2 is 2.40 bits per heavy atom. The number of aromatic amines is 1. The summed E-state index contributed by atoms with van der Waals surface area (Å²) in [6, 6.07) is 1.64. The second kappa shape index (κ2) is 5.40. The summed E-state index contributed by atoms with van der Waals surface area (Å²) in [5, 5.41) is 7.04. The quantitative estimate of drug-likeness (QED) is 0.913. The van der Waals surface area contributed by atoms with Crippen molar-refractivity contribution in [2.45, 2.75) is 32.2 Å². The minimum atomic E-state index is -0.117. The number of piperidine rings is 1. The smallest absolute Gasteiger partial charge is 0.291 e. The molecule has 0 bridgehead atoms. The maximum absolute atomic E-state index is 12.6. The molecular weight excluding hydrogens is 324 g/mol. The van der Waals surface area contributed by atoms with Crippen molar-refractivity contribution >= 4 is 21.8 Å². The lowest BCUT2D eigenvalue weighted by Crippen LogP contribution is -2.39. The number of hydrogen-bond donors (Lipinski definition) is 1. The van der Waals surface area contributed by atoms with Crippen LogP contribution in [0.3, 0.4) is 0 Å². The lowest BCUT2D eigenvalue weighted by molar-refractivity contribution is 0.0566. The average Bonchev–Trinajstić information content (AvgIpc) is 3.07. The molecule has 0 saturated carbocycles. The number of carbonyl (C=O) groups excluding carboxylic acids is 1. The van der Waals surface area contributed by atoms with E-state index in [0.29, 0.717) is 22.6 Å². The van der Waals surface area contributed by atoms with E-state index in [4.69, 9.17) is 4.42 Å². The minimum Gasteiger partial charge on any atom is -0.458 e. The molecule has 0 radical (unpaired) electrons. The second-order valence-electron chi connectivity index (χ2n) is 4.89. The van der Waals surface area contributed by atoms with Gasteiger partial charge in [0.15, 0.2) is 5.82 Å². The highest BCUT2D eigenvalue weighted by molar-refractivity contribution is 9.10. The van der Waals surface area contributed by atoms with Crippen LogP contribution >= 0.6 is 15.9 Å². The van der Waals surface area contributed by atoms with Crippen molar-refractivity contribution in [3.8, 4) is 0 Å². The van der Waals surface area contributed by atoms with Crippen molar-refractivity contribution in [3.05, 3.63) is 34.2 Å². The zero-order chi connectivity index (χ0) is 14.1. The largest absolute Gasteiger partial charge is 0.458 e. The molecule has 0 unspecified atom stereocenters. The third-order valence-electron chi connectivity index (χ3n) is 3.49. The number of nitrogens with one attached hydrogen (secondary N) is 1. The Bertz CT molecular complexity index is 621. The molecule has 0 aromatic carbocycles. The van der Waals surface area contributed by atoms with Crippen LogP contribution in [0, 0.1) is 6.92 Å². The summed E-state index contributed by atoms with van der Waals surface area (Å²) in [6.07, 6.45) is 4.44. The number of halogens is 1. The number of amides is 1. The fourth-order valence-corrected chi connectivity index (χ4v) is 2.90. The highest BCUT2D eigenvalue weighted by atomic mass is 79.9. The van der Waals surface area contributed by atoms with Crippen LogP contribution in [0.25, 0.3) is 0 Å². The molecule has 3 heterocycles. The standard InChI is InChI=1S/C13H15BrN4O2/c1-8-15-12(17-16-8)10-4-2-3-6-18(10)13(19)11-9(14)5-7-20-11/h5,7,10H,2-4,6H2,1H3,(H,15,16,17)/t10-/m1/s1. The van der Waals surface area contributed by atoms with Gasteiger partial charge >= 0.3 is 0 Å². The van der Waals surface area contributed by atoms with E-state index in [0.717, 1.165) is 25.1 Å². The summed E-state index contributed by atoms with van der Waals surface area (Å²) in [7, 11) is 0. The zero-order valence-electron chi connectivity index (χ0n) is 11.1. The Labute approximate surface area is 124 Å². The van der Waals surface area contributed by atoms with Gasteiger partial charge in [-0.2, -0.15) is 5.10 Å². The van der Waals surface area contributed by atoms with Crippen LogP contribution in [-0.4, -0.2) is 32.5 Å². The molecular formula is C13H15BrN4O2. The van der Waals surface area contributed by atoms with E-state index < -0.39 is 0 Å². The van der Waals surface area contributed by atoms with Gasteiger partial charge in [-0.3, -0.25) is 9.89 Å². The van der Waals surface area contributed by atoms with Gasteiger partial charge in [0.25, 0.3) is 5.91 Å². The number of H-pyrrole nitrogens is 1. The Balaban J connectivity index is 1.89. The van der Waals surface area contributed by atoms with Gasteiger partial charge in [0.1, 0.15) is 5.82 Å². The van der Waals surface area contributed by atoms with Crippen molar-refractivity contribution < 1.29 is 9.21 Å². The van der Waals surface area contributed by atoms with Gasteiger partial charge in [0.2, 0.25) is 5.76 Å². The predicted molar refractivity (Wildman–Crippen MR) is 75.2 cm³/mol. The van der Waals surface area contributed by atoms with Crippen molar-refractivity contribution in [1.82, 2.24) is 20.1 Å². The van der Waals surface area contributed by atoms with Crippen molar-refractivity contribution in [2.75, 3.05) is 6.54 Å². The second-order valence-corrected chi connectivity index (χ2v) is 5.74. The van der Waals surface area contributed by atoms with Gasteiger partial charge in [0, 0.05) is 6.54 Å². The third kappa shape index (κ3) is 2.37. The molecule has 20 heavy (non-hydrogen) atoms. The maximum atomic E-state index is 12.6. The van der Waals surface area contributed by atoms with Crippen molar-refractivity contribution in [1.29, 1.82) is 0 Å². The number of nitrogens with zero attached hydrogens (tertiary/aromatic N) is 3. The molecule has 7 heteroatoms. The van der Waals surface area contributed by atoms with E-state index >= 15 is 0 Å². The first-order valence-electron chi connectivity index (χ1n) is 6.59. The first-order chi connectivity index (χ1) is 9.66. The average molecular weight is 339 g/mol. The molecule has 1 N–H and O–H groups in total. The fraction of sp³-hybridized carbons (Fsp3) is 0.462. The molecule has 0 spiro atoms. The lowest BCUT2D eigenvalue weighted by Gasteiger charge is -2.33. The molecule has 106 valence electrons. The van der Waals surface area contributed by atoms with E-state index in [9.17, 15) is 4.79 Å². The van der Waals surface area contributed by atoms with Crippen LogP contribution in [0.1, 0.15) is 47.5 Å². The molecule has 3 rings (SSSR count). The number of likely N-dealkylation sites (tertiary alicyclic amines) is 1. The summed E-state index contributed by atoms with van der Waals surface area (Å²) >= 11 is 3.34. The summed E-state index contributed by atoms with van der Waals surface area (Å²) < 4.78 is 5.96. The van der Waals surface area contributed by atoms with Crippen molar-refractivity contribution in [3.63, 3.8) is 0 Å². The van der Waals surface area contributed by atoms with E-state index in [1.165, 1.54) is 6.26 Å². The molecule has 6 nitrogen and oxygen atoms in total. The van der Waals surface area contributed by atoms with Gasteiger partial charge in [0.05, 0.1) is 16.8 Å². The number of carbonyl (C=O) groups is 1. The highest BCUT2D eigenvalue weighted by Crippen LogP contribution is 2.31. The number of aromatic nitrogens is 3. The Kier molecular flexibility index (Phi) is 3.60. The highest BCUT2D eigenvalue weighted by Gasteiger charge is 2.33. The molecule has 1 atom stereocenters. The molecule has 0 aliphatic carbocycles. The normalized spacial score (nSPS) is 19.3. The summed E-state index contributed by atoms with van der Waals surface area (Å²) in [5.41, 5.74) is 0. The van der Waals surface area contributed by atoms with E-state index in [1.807, 2.05) is 6.92 Å². The maximum Gasteiger partial charge on any atom is 0.291 e. The molecule has 1 aliphatic heterocycles. The monoisotopic (exact) mass is 338 g/mol. The third-order valence-corrected chi connectivity index (χ3v) is 4.11. The SMILES string of the molecule is Cc1nc([C@H]2CCCCN2C(=O)c2occc2Br)n[nH]1. The van der Waals surface area contributed by atoms with Crippen LogP contribution in [0.15, 0.2) is 21.2 Å². The van der Waals surface area contributed by atoms with Crippen LogP contribution < -0.4 is 0 Å². The summed E-state index contributed by atoms with van der Waals surface area (Å²) in [5.74, 6) is 1.66. The number of hydrogen-bond acceptors (Lipinski definition) is 4. The molecule has 1 fully saturated rings. The summed E-state index contributed by atoms with van der Waals surface area (Å²) in [6.45, 7) is 2.55. The van der Waals surface area contributed by atoms with Gasteiger partial charge in [-0.15, -0.1) is 0 Å². The molecule has 2 aromatic rings. The number of aryl methyl sites for hydroxylation is 1. The first-order valence-corrected chi connectivity index (χ1v) is 7.39. The molecule has 1 saturated heterocycles. The molecule has 2 aromatic heterocycles. The Hall–Kier alpha value is -1.63. The van der Waals surface area contributed by atoms with Crippen LogP contribution in [0.2, 0.25) is 0 Å². The molecule has 1 amide bonds. The number of furan rings is 1. The predicted octanol–water partition coefficient (Wildman–Crippen LogP) is 2.84. The van der Waals surface area contributed by atoms with Gasteiger partial charge in [-0.25, -0.2) is 4.98 Å². The van der Waals surface area contributed by atoms with Gasteiger partial charge in [-0.1, -0.05) is 0 Å². The zero-order valence-corrected chi connectivity index (χ0v) is 12.7. The topological polar surface area (TPSA) is 75.0 Å². The minimum absolute atomic E-state index is 0.0850. The lowest BCUT2D eigenvalue weighted by atomic mass is 10.0. The fourth-order valence-electron chi connectivity index (χ4n) is 2.53. The first kappa shape index (κ1) is 13.4. The van der Waals surface area contributed by atoms with Crippen molar-refractivity contribution in [2.24, 2.45) is 0 Å². The summed E-state index contributed by atoms with van der Waals surface area (Å²) in [4.78, 5) is 18.8. The van der Waals surface area contributed by atoms with Crippen LogP contribution in [0.4, 0.5) is 0 Å². The van der Waals surface area contributed by atoms with Gasteiger partial charge in [-0.05, 0) is 48.2 Å². The number of rotatable bonds is 2. The molecule has 1 aliphatic rings. The van der Waals surface area contributed by atoms with E-state index in [2.05, 4.69) is 31.1 Å². The van der Waals surface area contributed by atoms with E-state index in [-0.39, 0.29) is 11.9 Å². The van der Waals surface area contributed by atoms with Crippen LogP contribution in [0.5, 0.6) is 0 Å². The Morgan fingerprint density at radius 3 is 3.05 bits per heavy atom.